The number of methoxy groups -OCH3 is 2. The maximum atomic E-state index is 12.9. The normalized spacial score (nSPS) is 15.7. The Morgan fingerprint density at radius 3 is 2.58 bits per heavy atom. The van der Waals surface area contributed by atoms with Gasteiger partial charge in [-0.2, -0.15) is 0 Å². The minimum absolute atomic E-state index is 0.0359. The zero-order valence-electron chi connectivity index (χ0n) is 19.4. The highest BCUT2D eigenvalue weighted by molar-refractivity contribution is 5.79. The van der Waals surface area contributed by atoms with E-state index >= 15 is 0 Å². The molecule has 0 radical (unpaired) electrons. The Morgan fingerprint density at radius 1 is 1.06 bits per heavy atom. The number of aromatic nitrogens is 2. The molecule has 1 amide bonds. The molecule has 7 nitrogen and oxygen atoms in total. The molecule has 0 spiro atoms. The Hall–Kier alpha value is -3.61. The number of rotatable bonds is 7. The van der Waals surface area contributed by atoms with Gasteiger partial charge in [0.05, 0.1) is 25.8 Å². The van der Waals surface area contributed by atoms with E-state index in [1.807, 2.05) is 30.3 Å². The Kier molecular flexibility index (Phi) is 7.07. The lowest BCUT2D eigenvalue weighted by Gasteiger charge is -2.32. The molecule has 1 aliphatic heterocycles. The lowest BCUT2D eigenvalue weighted by Crippen LogP contribution is -2.43. The number of anilines is 1. The number of hydrogen-bond acceptors (Lipinski definition) is 6. The second kappa shape index (κ2) is 10.3. The Balaban J connectivity index is 1.38. The average molecular weight is 447 g/mol. The van der Waals surface area contributed by atoms with Crippen molar-refractivity contribution in [3.63, 3.8) is 0 Å². The molecule has 1 saturated heterocycles. The van der Waals surface area contributed by atoms with Crippen LogP contribution in [0.4, 0.5) is 5.82 Å². The number of amides is 1. The van der Waals surface area contributed by atoms with E-state index < -0.39 is 0 Å². The van der Waals surface area contributed by atoms with Gasteiger partial charge in [0, 0.05) is 30.8 Å². The highest BCUT2D eigenvalue weighted by Crippen LogP contribution is 2.26. The number of carbonyl (C=O) groups is 1. The van der Waals surface area contributed by atoms with Gasteiger partial charge in [-0.15, -0.1) is 10.2 Å². The number of nitrogens with one attached hydrogen (secondary N) is 1. The third-order valence-corrected chi connectivity index (χ3v) is 6.05. The summed E-state index contributed by atoms with van der Waals surface area (Å²) in [6.07, 6.45) is 1.79. The predicted molar refractivity (Wildman–Crippen MR) is 129 cm³/mol. The van der Waals surface area contributed by atoms with Crippen molar-refractivity contribution in [2.24, 2.45) is 5.92 Å². The van der Waals surface area contributed by atoms with Crippen molar-refractivity contribution in [2.75, 3.05) is 32.2 Å². The summed E-state index contributed by atoms with van der Waals surface area (Å²) in [5.41, 5.74) is 3.99. The van der Waals surface area contributed by atoms with Crippen LogP contribution in [0.1, 0.15) is 24.0 Å². The van der Waals surface area contributed by atoms with Crippen molar-refractivity contribution < 1.29 is 14.3 Å². The van der Waals surface area contributed by atoms with Crippen molar-refractivity contribution in [2.45, 2.75) is 26.3 Å². The number of nitrogens with zero attached hydrogens (tertiary/aromatic N) is 3. The summed E-state index contributed by atoms with van der Waals surface area (Å²) < 4.78 is 10.7. The van der Waals surface area contributed by atoms with Gasteiger partial charge in [0.2, 0.25) is 5.91 Å². The van der Waals surface area contributed by atoms with Gasteiger partial charge >= 0.3 is 0 Å². The van der Waals surface area contributed by atoms with Crippen LogP contribution in [0.2, 0.25) is 0 Å². The van der Waals surface area contributed by atoms with Crippen LogP contribution in [0.5, 0.6) is 11.5 Å². The molecule has 1 atom stereocenters. The van der Waals surface area contributed by atoms with E-state index in [-0.39, 0.29) is 11.8 Å². The lowest BCUT2D eigenvalue weighted by molar-refractivity contribution is -0.125. The fourth-order valence-electron chi connectivity index (χ4n) is 4.12. The standard InChI is InChI=1S/C26H30N4O3/c1-18-6-8-19(9-7-18)23-11-13-25(29-28-23)30-14-4-5-20(17-30)26(31)27-16-21-15-22(32-2)10-12-24(21)33-3/h6-13,15,20H,4-5,14,16-17H2,1-3H3,(H,27,31). The third kappa shape index (κ3) is 5.42. The van der Waals surface area contributed by atoms with E-state index in [9.17, 15) is 4.79 Å². The molecule has 33 heavy (non-hydrogen) atoms. The molecule has 2 aromatic carbocycles. The molecule has 1 aromatic heterocycles. The van der Waals surface area contributed by atoms with Crippen molar-refractivity contribution in [1.82, 2.24) is 15.5 Å². The van der Waals surface area contributed by atoms with Crippen LogP contribution >= 0.6 is 0 Å². The topological polar surface area (TPSA) is 76.6 Å². The number of ether oxygens (including phenoxy) is 2. The van der Waals surface area contributed by atoms with Crippen molar-refractivity contribution in [3.8, 4) is 22.8 Å². The zero-order chi connectivity index (χ0) is 23.2. The van der Waals surface area contributed by atoms with Crippen LogP contribution in [0.25, 0.3) is 11.3 Å². The summed E-state index contributed by atoms with van der Waals surface area (Å²) in [6.45, 7) is 3.95. The van der Waals surface area contributed by atoms with E-state index in [1.54, 1.807) is 14.2 Å². The van der Waals surface area contributed by atoms with Gasteiger partial charge < -0.3 is 19.7 Å². The largest absolute Gasteiger partial charge is 0.497 e. The van der Waals surface area contributed by atoms with Crippen LogP contribution in [-0.4, -0.2) is 43.4 Å². The van der Waals surface area contributed by atoms with Gasteiger partial charge in [-0.05, 0) is 50.1 Å². The second-order valence-corrected chi connectivity index (χ2v) is 8.32. The van der Waals surface area contributed by atoms with Gasteiger partial charge in [-0.3, -0.25) is 4.79 Å². The number of carbonyl (C=O) groups excluding carboxylic acids is 1. The maximum absolute atomic E-state index is 12.9. The second-order valence-electron chi connectivity index (χ2n) is 8.32. The number of hydrogen-bond donors (Lipinski definition) is 1. The van der Waals surface area contributed by atoms with Crippen molar-refractivity contribution >= 4 is 11.7 Å². The first-order valence-corrected chi connectivity index (χ1v) is 11.2. The van der Waals surface area contributed by atoms with E-state index in [0.717, 1.165) is 53.5 Å². The first kappa shape index (κ1) is 22.6. The summed E-state index contributed by atoms with van der Waals surface area (Å²) in [6, 6.07) is 17.8. The Bertz CT molecular complexity index is 1080. The van der Waals surface area contributed by atoms with Crippen LogP contribution in [0, 0.1) is 12.8 Å². The van der Waals surface area contributed by atoms with E-state index in [2.05, 4.69) is 51.6 Å². The van der Waals surface area contributed by atoms with Crippen molar-refractivity contribution in [1.29, 1.82) is 0 Å². The number of piperidine rings is 1. The van der Waals surface area contributed by atoms with Gasteiger partial charge in [0.15, 0.2) is 5.82 Å². The van der Waals surface area contributed by atoms with Gasteiger partial charge in [-0.25, -0.2) is 0 Å². The Labute approximate surface area is 194 Å². The molecule has 7 heteroatoms. The maximum Gasteiger partial charge on any atom is 0.225 e. The van der Waals surface area contributed by atoms with Gasteiger partial charge in [0.25, 0.3) is 0 Å². The monoisotopic (exact) mass is 446 g/mol. The fraction of sp³-hybridized carbons (Fsp3) is 0.346. The van der Waals surface area contributed by atoms with Crippen LogP contribution in [-0.2, 0) is 11.3 Å². The first-order valence-electron chi connectivity index (χ1n) is 11.2. The Morgan fingerprint density at radius 2 is 1.88 bits per heavy atom. The van der Waals surface area contributed by atoms with Crippen LogP contribution < -0.4 is 19.7 Å². The minimum atomic E-state index is -0.103. The molecule has 4 rings (SSSR count). The summed E-state index contributed by atoms with van der Waals surface area (Å²) in [5, 5.41) is 11.9. The highest BCUT2D eigenvalue weighted by Gasteiger charge is 2.27. The number of benzene rings is 2. The summed E-state index contributed by atoms with van der Waals surface area (Å²) >= 11 is 0. The molecule has 0 aliphatic carbocycles. The molecular formula is C26H30N4O3. The molecule has 1 N–H and O–H groups in total. The summed E-state index contributed by atoms with van der Waals surface area (Å²) in [5.74, 6) is 2.20. The zero-order valence-corrected chi connectivity index (χ0v) is 19.4. The fourth-order valence-corrected chi connectivity index (χ4v) is 4.12. The summed E-state index contributed by atoms with van der Waals surface area (Å²) in [4.78, 5) is 15.1. The highest BCUT2D eigenvalue weighted by atomic mass is 16.5. The average Bonchev–Trinajstić information content (AvgIpc) is 2.87. The molecule has 1 unspecified atom stereocenters. The van der Waals surface area contributed by atoms with Crippen LogP contribution in [0.3, 0.4) is 0 Å². The van der Waals surface area contributed by atoms with Gasteiger partial charge in [0.1, 0.15) is 11.5 Å². The quantitative estimate of drug-likeness (QED) is 0.591. The van der Waals surface area contributed by atoms with E-state index in [1.165, 1.54) is 5.56 Å². The third-order valence-electron chi connectivity index (χ3n) is 6.05. The molecular weight excluding hydrogens is 416 g/mol. The molecule has 0 saturated carbocycles. The lowest BCUT2D eigenvalue weighted by atomic mass is 9.97. The molecule has 1 fully saturated rings. The van der Waals surface area contributed by atoms with Crippen molar-refractivity contribution in [3.05, 3.63) is 65.7 Å². The SMILES string of the molecule is COc1ccc(OC)c(CNC(=O)C2CCCN(c3ccc(-c4ccc(C)cc4)nn3)C2)c1. The molecule has 1 aliphatic rings. The van der Waals surface area contributed by atoms with E-state index in [0.29, 0.717) is 13.1 Å². The molecule has 3 aromatic rings. The smallest absolute Gasteiger partial charge is 0.225 e. The first-order chi connectivity index (χ1) is 16.1. The molecule has 172 valence electrons. The summed E-state index contributed by atoms with van der Waals surface area (Å²) in [7, 11) is 3.24. The predicted octanol–water partition coefficient (Wildman–Crippen LogP) is 4.00. The minimum Gasteiger partial charge on any atom is -0.497 e. The molecule has 0 bridgehead atoms. The molecule has 2 heterocycles. The van der Waals surface area contributed by atoms with E-state index in [4.69, 9.17) is 9.47 Å². The van der Waals surface area contributed by atoms with Gasteiger partial charge in [-0.1, -0.05) is 29.8 Å². The number of aryl methyl sites for hydroxylation is 1. The van der Waals surface area contributed by atoms with Crippen LogP contribution in [0.15, 0.2) is 54.6 Å².